The molecule has 0 aromatic carbocycles. The maximum atomic E-state index is 5.88. The van der Waals surface area contributed by atoms with Gasteiger partial charge < -0.3 is 19.4 Å². The molecule has 1 aromatic heterocycles. The Morgan fingerprint density at radius 2 is 2.50 bits per heavy atom. The van der Waals surface area contributed by atoms with E-state index in [1.165, 1.54) is 12.8 Å². The Hall–Kier alpha value is -0.910. The maximum Gasteiger partial charge on any atom is 0.0953 e. The number of imidazole rings is 1. The molecule has 3 unspecified atom stereocenters. The van der Waals surface area contributed by atoms with Crippen molar-refractivity contribution in [1.29, 1.82) is 0 Å². The first-order chi connectivity index (χ1) is 8.86. The molecule has 2 saturated heterocycles. The Balaban J connectivity index is 1.53. The quantitative estimate of drug-likeness (QED) is 0.770. The minimum absolute atomic E-state index is 0.415. The van der Waals surface area contributed by atoms with Crippen molar-refractivity contribution in [1.82, 2.24) is 14.9 Å². The van der Waals surface area contributed by atoms with Crippen molar-refractivity contribution in [3.05, 3.63) is 18.2 Å². The van der Waals surface area contributed by atoms with Crippen LogP contribution >= 0.6 is 0 Å². The molecule has 0 amide bonds. The van der Waals surface area contributed by atoms with Crippen molar-refractivity contribution < 1.29 is 9.47 Å². The average Bonchev–Trinajstić information content (AvgIpc) is 3.09. The fourth-order valence-electron chi connectivity index (χ4n) is 2.97. The lowest BCUT2D eigenvalue weighted by Crippen LogP contribution is -2.20. The molecule has 2 fully saturated rings. The van der Waals surface area contributed by atoms with E-state index in [0.717, 1.165) is 31.8 Å². The van der Waals surface area contributed by atoms with E-state index in [4.69, 9.17) is 9.47 Å². The first kappa shape index (κ1) is 12.1. The Labute approximate surface area is 107 Å². The van der Waals surface area contributed by atoms with Crippen molar-refractivity contribution in [2.75, 3.05) is 20.3 Å². The lowest BCUT2D eigenvalue weighted by molar-refractivity contribution is 0.0938. The monoisotopic (exact) mass is 251 g/mol. The van der Waals surface area contributed by atoms with Crippen LogP contribution in [0.1, 0.15) is 31.0 Å². The Kier molecular flexibility index (Phi) is 3.63. The predicted octanol–water partition coefficient (Wildman–Crippen LogP) is 1.11. The van der Waals surface area contributed by atoms with Gasteiger partial charge in [0.05, 0.1) is 36.9 Å². The number of aromatic nitrogens is 2. The van der Waals surface area contributed by atoms with Gasteiger partial charge in [-0.3, -0.25) is 0 Å². The molecular formula is C13H21N3O2. The van der Waals surface area contributed by atoms with Crippen LogP contribution in [0.3, 0.4) is 0 Å². The van der Waals surface area contributed by atoms with Crippen LogP contribution in [0.4, 0.5) is 0 Å². The first-order valence-corrected chi connectivity index (χ1v) is 6.74. The van der Waals surface area contributed by atoms with Gasteiger partial charge in [-0.25, -0.2) is 4.98 Å². The van der Waals surface area contributed by atoms with Gasteiger partial charge >= 0.3 is 0 Å². The number of rotatable bonds is 6. The Morgan fingerprint density at radius 1 is 1.56 bits per heavy atom. The van der Waals surface area contributed by atoms with Crippen molar-refractivity contribution in [3.8, 4) is 0 Å². The van der Waals surface area contributed by atoms with Crippen LogP contribution in [0.15, 0.2) is 12.5 Å². The summed E-state index contributed by atoms with van der Waals surface area (Å²) >= 11 is 0. The zero-order valence-corrected chi connectivity index (χ0v) is 10.8. The summed E-state index contributed by atoms with van der Waals surface area (Å²) in [6.45, 7) is 2.40. The molecule has 0 aliphatic carbocycles. The molecule has 1 aromatic rings. The fourth-order valence-corrected chi connectivity index (χ4v) is 2.97. The number of nitrogens with zero attached hydrogens (tertiary/aromatic N) is 2. The summed E-state index contributed by atoms with van der Waals surface area (Å²) in [5, 5.41) is 3.31. The minimum atomic E-state index is 0.415. The Morgan fingerprint density at radius 3 is 3.22 bits per heavy atom. The summed E-state index contributed by atoms with van der Waals surface area (Å²) in [4.78, 5) is 4.45. The van der Waals surface area contributed by atoms with Crippen LogP contribution in [0.5, 0.6) is 0 Å². The molecule has 2 bridgehead atoms. The zero-order valence-electron chi connectivity index (χ0n) is 10.8. The van der Waals surface area contributed by atoms with Gasteiger partial charge in [0.25, 0.3) is 0 Å². The Bertz CT molecular complexity index is 393. The highest BCUT2D eigenvalue weighted by molar-refractivity contribution is 5.02. The van der Waals surface area contributed by atoms with Gasteiger partial charge in [0.1, 0.15) is 0 Å². The summed E-state index contributed by atoms with van der Waals surface area (Å²) in [5.74, 6) is 0. The number of fused-ring (bicyclic) bond motifs is 2. The summed E-state index contributed by atoms with van der Waals surface area (Å²) in [6, 6.07) is 0.504. The molecule has 1 N–H and O–H groups in total. The van der Waals surface area contributed by atoms with Crippen molar-refractivity contribution in [2.24, 2.45) is 0 Å². The molecule has 0 spiro atoms. The molecule has 2 aliphatic rings. The molecule has 0 radical (unpaired) electrons. The maximum absolute atomic E-state index is 5.88. The van der Waals surface area contributed by atoms with Crippen molar-refractivity contribution in [2.45, 2.75) is 44.1 Å². The molecule has 2 aliphatic heterocycles. The molecule has 3 heterocycles. The van der Waals surface area contributed by atoms with E-state index in [2.05, 4.69) is 21.1 Å². The molecule has 3 atom stereocenters. The highest BCUT2D eigenvalue weighted by Crippen LogP contribution is 2.41. The van der Waals surface area contributed by atoms with Gasteiger partial charge in [-0.15, -0.1) is 0 Å². The van der Waals surface area contributed by atoms with Gasteiger partial charge in [0.15, 0.2) is 0 Å². The molecule has 100 valence electrons. The predicted molar refractivity (Wildman–Crippen MR) is 67.4 cm³/mol. The number of methoxy groups -OCH3 is 1. The van der Waals surface area contributed by atoms with Gasteiger partial charge in [-0.05, 0) is 19.3 Å². The molecular weight excluding hydrogens is 230 g/mol. The number of hydrogen-bond acceptors (Lipinski definition) is 4. The normalized spacial score (nSPS) is 30.2. The largest absolute Gasteiger partial charge is 0.383 e. The smallest absolute Gasteiger partial charge is 0.0953 e. The highest BCUT2D eigenvalue weighted by Gasteiger charge is 2.41. The highest BCUT2D eigenvalue weighted by atomic mass is 16.5. The van der Waals surface area contributed by atoms with Crippen LogP contribution < -0.4 is 5.32 Å². The third-order valence-corrected chi connectivity index (χ3v) is 3.90. The van der Waals surface area contributed by atoms with Crippen LogP contribution in [-0.4, -0.2) is 42.0 Å². The topological polar surface area (TPSA) is 48.3 Å². The van der Waals surface area contributed by atoms with Crippen LogP contribution in [-0.2, 0) is 16.0 Å². The SMILES string of the molecule is COCCNCc1cn(C2CC3CCC2O3)cn1. The second-order valence-corrected chi connectivity index (χ2v) is 5.16. The summed E-state index contributed by atoms with van der Waals surface area (Å²) in [5.41, 5.74) is 1.09. The number of ether oxygens (including phenoxy) is 2. The lowest BCUT2D eigenvalue weighted by Gasteiger charge is -2.19. The van der Waals surface area contributed by atoms with Crippen molar-refractivity contribution >= 4 is 0 Å². The van der Waals surface area contributed by atoms with Gasteiger partial charge in [-0.1, -0.05) is 0 Å². The second kappa shape index (κ2) is 5.38. The van der Waals surface area contributed by atoms with E-state index in [9.17, 15) is 0 Å². The van der Waals surface area contributed by atoms with Crippen LogP contribution in [0, 0.1) is 0 Å². The van der Waals surface area contributed by atoms with Crippen LogP contribution in [0.2, 0.25) is 0 Å². The summed E-state index contributed by atoms with van der Waals surface area (Å²) < 4.78 is 13.1. The average molecular weight is 251 g/mol. The molecule has 0 saturated carbocycles. The number of nitrogens with one attached hydrogen (secondary N) is 1. The third-order valence-electron chi connectivity index (χ3n) is 3.90. The van der Waals surface area contributed by atoms with E-state index in [-0.39, 0.29) is 0 Å². The molecule has 5 nitrogen and oxygen atoms in total. The van der Waals surface area contributed by atoms with E-state index >= 15 is 0 Å². The molecule has 5 heteroatoms. The van der Waals surface area contributed by atoms with E-state index in [1.54, 1.807) is 7.11 Å². The van der Waals surface area contributed by atoms with Gasteiger partial charge in [-0.2, -0.15) is 0 Å². The summed E-state index contributed by atoms with van der Waals surface area (Å²) in [7, 11) is 1.71. The van der Waals surface area contributed by atoms with E-state index < -0.39 is 0 Å². The number of hydrogen-bond donors (Lipinski definition) is 1. The molecule has 3 rings (SSSR count). The lowest BCUT2D eigenvalue weighted by atomic mass is 9.95. The van der Waals surface area contributed by atoms with E-state index in [0.29, 0.717) is 18.2 Å². The standard InChI is InChI=1S/C13H21N3O2/c1-17-5-4-14-7-10-8-16(9-15-10)12-6-11-2-3-13(12)18-11/h8-9,11-14H,2-7H2,1H3. The van der Waals surface area contributed by atoms with Crippen molar-refractivity contribution in [3.63, 3.8) is 0 Å². The third kappa shape index (κ3) is 2.43. The first-order valence-electron chi connectivity index (χ1n) is 6.74. The fraction of sp³-hybridized carbons (Fsp3) is 0.769. The zero-order chi connectivity index (χ0) is 12.4. The van der Waals surface area contributed by atoms with E-state index in [1.807, 2.05) is 6.33 Å². The second-order valence-electron chi connectivity index (χ2n) is 5.16. The molecule has 18 heavy (non-hydrogen) atoms. The minimum Gasteiger partial charge on any atom is -0.383 e. The van der Waals surface area contributed by atoms with Gasteiger partial charge in [0.2, 0.25) is 0 Å². The van der Waals surface area contributed by atoms with Crippen LogP contribution in [0.25, 0.3) is 0 Å². The van der Waals surface area contributed by atoms with Gasteiger partial charge in [0, 0.05) is 26.4 Å². The summed E-state index contributed by atoms with van der Waals surface area (Å²) in [6.07, 6.45) is 8.59.